The van der Waals surface area contributed by atoms with Crippen molar-refractivity contribution in [2.24, 2.45) is 0 Å². The zero-order valence-corrected chi connectivity index (χ0v) is 18.0. The van der Waals surface area contributed by atoms with Gasteiger partial charge < -0.3 is 5.11 Å². The lowest BCUT2D eigenvalue weighted by molar-refractivity contribution is -0.136. The van der Waals surface area contributed by atoms with Crippen molar-refractivity contribution < 1.29 is 31.5 Å². The van der Waals surface area contributed by atoms with Gasteiger partial charge in [-0.3, -0.25) is 9.35 Å². The van der Waals surface area contributed by atoms with Crippen LogP contribution in [-0.2, 0) is 32.5 Å². The van der Waals surface area contributed by atoms with Gasteiger partial charge in [0.15, 0.2) is 0 Å². The number of nitrogens with zero attached hydrogens (tertiary/aromatic N) is 2. The van der Waals surface area contributed by atoms with E-state index in [-0.39, 0.29) is 32.7 Å². The third kappa shape index (κ3) is 3.65. The maximum absolute atomic E-state index is 13.8. The molecule has 0 saturated carbocycles. The van der Waals surface area contributed by atoms with Gasteiger partial charge in [-0.25, -0.2) is 16.8 Å². The summed E-state index contributed by atoms with van der Waals surface area (Å²) in [6.07, 6.45) is -0.470. The van der Waals surface area contributed by atoms with E-state index in [0.29, 0.717) is 0 Å². The molecule has 0 radical (unpaired) electrons. The Bertz CT molecular complexity index is 1300. The Morgan fingerprint density at radius 3 is 2.47 bits per heavy atom. The fraction of sp³-hybridized carbons (Fsp3) is 0.211. The summed E-state index contributed by atoms with van der Waals surface area (Å²) in [5.74, 6) is -1.79. The number of rotatable bonds is 6. The topological polar surface area (TPSA) is 114 Å². The smallest absolute Gasteiger partial charge is 0.363 e. The van der Waals surface area contributed by atoms with Gasteiger partial charge in [-0.1, -0.05) is 6.07 Å². The van der Waals surface area contributed by atoms with Crippen molar-refractivity contribution in [1.29, 1.82) is 0 Å². The summed E-state index contributed by atoms with van der Waals surface area (Å²) in [6.45, 7) is 1.46. The molecule has 11 heteroatoms. The third-order valence-electron chi connectivity index (χ3n) is 4.94. The lowest BCUT2D eigenvalue weighted by atomic mass is 10.1. The van der Waals surface area contributed by atoms with E-state index in [9.17, 15) is 31.5 Å². The number of hydrogen-bond acceptors (Lipinski definition) is 4. The number of carboxylic acid groups (broad SMARTS) is 1. The molecular weight excluding hydrogens is 435 g/mol. The van der Waals surface area contributed by atoms with Crippen molar-refractivity contribution in [2.45, 2.75) is 18.2 Å². The Kier molecular flexibility index (Phi) is 5.58. The van der Waals surface area contributed by atoms with E-state index in [1.165, 1.54) is 51.4 Å². The number of aliphatic carboxylic acids is 1. The van der Waals surface area contributed by atoms with Crippen molar-refractivity contribution in [3.8, 4) is 0 Å². The van der Waals surface area contributed by atoms with Gasteiger partial charge in [-0.05, 0) is 36.8 Å². The van der Waals surface area contributed by atoms with Gasteiger partial charge in [0.05, 0.1) is 30.9 Å². The minimum atomic E-state index is -4.22. The van der Waals surface area contributed by atoms with Crippen LogP contribution in [0.1, 0.15) is 11.3 Å². The summed E-state index contributed by atoms with van der Waals surface area (Å²) in [5, 5.41) is 9.42. The van der Waals surface area contributed by atoms with Crippen LogP contribution in [0.2, 0.25) is 0 Å². The van der Waals surface area contributed by atoms with Gasteiger partial charge in [0.2, 0.25) is 0 Å². The molecule has 0 aliphatic heterocycles. The normalized spacial score (nSPS) is 13.5. The Labute approximate surface area is 175 Å². The Balaban J connectivity index is 2.29. The Morgan fingerprint density at radius 2 is 1.87 bits per heavy atom. The van der Waals surface area contributed by atoms with Crippen LogP contribution < -0.4 is 3.89 Å². The number of carboxylic acids is 1. The van der Waals surface area contributed by atoms with E-state index < -0.39 is 43.4 Å². The summed E-state index contributed by atoms with van der Waals surface area (Å²) in [5.41, 5.74) is 0.782. The lowest BCUT2D eigenvalue weighted by Crippen LogP contribution is -2.41. The second-order valence-electron chi connectivity index (χ2n) is 7.14. The number of fused-ring (bicyclic) bond motifs is 1. The molecule has 0 saturated heterocycles. The highest BCUT2D eigenvalue weighted by molar-refractivity contribution is 7.90. The predicted octanol–water partition coefficient (Wildman–Crippen LogP) is 2.66. The van der Waals surface area contributed by atoms with E-state index in [2.05, 4.69) is 0 Å². The van der Waals surface area contributed by atoms with E-state index >= 15 is 0 Å². The molecule has 2 N–H and O–H groups in total. The van der Waals surface area contributed by atoms with Gasteiger partial charge in [0.1, 0.15) is 11.5 Å². The average Bonchev–Trinajstić information content (AvgIpc) is 2.93. The minimum absolute atomic E-state index is 0.148. The van der Waals surface area contributed by atoms with Gasteiger partial charge in [0.25, 0.3) is 10.0 Å². The third-order valence-corrected chi connectivity index (χ3v) is 7.73. The van der Waals surface area contributed by atoms with Gasteiger partial charge >= 0.3 is 17.2 Å². The monoisotopic (exact) mass is 455 g/mol. The highest BCUT2D eigenvalue weighted by Crippen LogP contribution is 2.32. The van der Waals surface area contributed by atoms with Crippen LogP contribution in [0.15, 0.2) is 47.4 Å². The molecular formula is C19H20FN2O6S2+. The molecule has 30 heavy (non-hydrogen) atoms. The van der Waals surface area contributed by atoms with Gasteiger partial charge in [-0.15, -0.1) is 0 Å². The molecule has 0 bridgehead atoms. The molecule has 1 aromatic heterocycles. The number of benzene rings is 2. The molecule has 1 unspecified atom stereocenters. The summed E-state index contributed by atoms with van der Waals surface area (Å²) in [6, 6.07) is 9.10. The second kappa shape index (κ2) is 7.58. The minimum Gasteiger partial charge on any atom is -0.481 e. The van der Waals surface area contributed by atoms with Crippen LogP contribution in [-0.4, -0.2) is 46.3 Å². The van der Waals surface area contributed by atoms with Crippen LogP contribution in [0.4, 0.5) is 10.1 Å². The van der Waals surface area contributed by atoms with Crippen molar-refractivity contribution in [3.05, 3.63) is 59.5 Å². The van der Waals surface area contributed by atoms with E-state index in [1.54, 1.807) is 0 Å². The Hall–Kier alpha value is -2.60. The molecule has 0 amide bonds. The SMILES string of the molecule is Cc1c(CC(=O)O)c2cc(F)ccc2n1S(=O)(=O)c1cccc([N+](C)(C)S(=O)O)c1. The first-order chi connectivity index (χ1) is 13.9. The quantitative estimate of drug-likeness (QED) is 0.436. The molecule has 2 aromatic carbocycles. The molecule has 1 heterocycles. The van der Waals surface area contributed by atoms with Crippen LogP contribution in [0.25, 0.3) is 10.9 Å². The van der Waals surface area contributed by atoms with E-state index in [1.807, 2.05) is 0 Å². The van der Waals surface area contributed by atoms with Crippen LogP contribution in [0.3, 0.4) is 0 Å². The summed E-state index contributed by atoms with van der Waals surface area (Å²) < 4.78 is 62.5. The zero-order valence-electron chi connectivity index (χ0n) is 16.4. The first-order valence-electron chi connectivity index (χ1n) is 8.70. The molecule has 0 aliphatic rings. The zero-order chi connectivity index (χ0) is 22.4. The molecule has 1 atom stereocenters. The number of hydrogen-bond donors (Lipinski definition) is 2. The van der Waals surface area contributed by atoms with Gasteiger partial charge in [-0.2, -0.15) is 8.10 Å². The van der Waals surface area contributed by atoms with Crippen molar-refractivity contribution in [1.82, 2.24) is 7.86 Å². The maximum atomic E-state index is 13.8. The first kappa shape index (κ1) is 22.1. The molecule has 3 rings (SSSR count). The fourth-order valence-electron chi connectivity index (χ4n) is 3.28. The number of quaternary nitrogens is 1. The van der Waals surface area contributed by atoms with Crippen LogP contribution >= 0.6 is 0 Å². The van der Waals surface area contributed by atoms with E-state index in [0.717, 1.165) is 16.1 Å². The molecule has 0 aliphatic carbocycles. The average molecular weight is 456 g/mol. The number of carbonyl (C=O) groups is 1. The fourth-order valence-corrected chi connectivity index (χ4v) is 5.20. The summed E-state index contributed by atoms with van der Waals surface area (Å²) in [7, 11) is -1.32. The standard InChI is InChI=1S/C19H19FN2O6S2/c1-12-16(11-19(23)24)17-9-13(20)7-8-18(17)21(12)30(27,28)15-6-4-5-14(10-15)22(2,3)29(25)26/h4-10H,11H2,1-3H3,(H-,23,24,25,26)/p+1. The van der Waals surface area contributed by atoms with E-state index in [4.69, 9.17) is 0 Å². The molecule has 0 fully saturated rings. The largest absolute Gasteiger partial charge is 0.481 e. The predicted molar refractivity (Wildman–Crippen MR) is 111 cm³/mol. The van der Waals surface area contributed by atoms with Crippen molar-refractivity contribution in [2.75, 3.05) is 14.1 Å². The lowest BCUT2D eigenvalue weighted by Gasteiger charge is -2.23. The van der Waals surface area contributed by atoms with Crippen molar-refractivity contribution >= 4 is 43.8 Å². The molecule has 0 spiro atoms. The second-order valence-corrected chi connectivity index (χ2v) is 10.3. The maximum Gasteiger partial charge on any atom is 0.363 e. The van der Waals surface area contributed by atoms with Crippen LogP contribution in [0, 0.1) is 12.7 Å². The Morgan fingerprint density at radius 1 is 1.20 bits per heavy atom. The molecule has 8 nitrogen and oxygen atoms in total. The summed E-state index contributed by atoms with van der Waals surface area (Å²) in [4.78, 5) is 11.1. The van der Waals surface area contributed by atoms with Crippen LogP contribution in [0.5, 0.6) is 0 Å². The number of halogens is 1. The first-order valence-corrected chi connectivity index (χ1v) is 11.2. The summed E-state index contributed by atoms with van der Waals surface area (Å²) >= 11 is -2.31. The molecule has 160 valence electrons. The highest BCUT2D eigenvalue weighted by atomic mass is 32.2. The molecule has 3 aromatic rings. The van der Waals surface area contributed by atoms with Gasteiger partial charge in [0, 0.05) is 23.2 Å². The highest BCUT2D eigenvalue weighted by Gasteiger charge is 2.31. The number of aromatic nitrogens is 1. The van der Waals surface area contributed by atoms with Crippen molar-refractivity contribution in [3.63, 3.8) is 0 Å².